The number of carbonyl (C=O) groups is 1. The highest BCUT2D eigenvalue weighted by Crippen LogP contribution is 2.19. The van der Waals surface area contributed by atoms with E-state index in [0.29, 0.717) is 16.3 Å². The minimum Gasteiger partial charge on any atom is -0.287 e. The van der Waals surface area contributed by atoms with Crippen LogP contribution >= 0.6 is 11.6 Å². The number of carbonyl (C=O) groups excluding carboxylic acids is 1. The lowest BCUT2D eigenvalue weighted by molar-refractivity contribution is 0.103. The molecule has 0 atom stereocenters. The van der Waals surface area contributed by atoms with Crippen LogP contribution < -0.4 is 0 Å². The lowest BCUT2D eigenvalue weighted by Crippen LogP contribution is -2.10. The first kappa shape index (κ1) is 12.6. The van der Waals surface area contributed by atoms with Crippen molar-refractivity contribution in [3.8, 4) is 5.69 Å². The molecular formula is C15H10ClN3O. The summed E-state index contributed by atoms with van der Waals surface area (Å²) in [4.78, 5) is 16.4. The van der Waals surface area contributed by atoms with Crippen molar-refractivity contribution in [2.75, 3.05) is 0 Å². The van der Waals surface area contributed by atoms with Gasteiger partial charge in [0.15, 0.2) is 0 Å². The predicted molar refractivity (Wildman–Crippen MR) is 76.2 cm³/mol. The Morgan fingerprint density at radius 1 is 1.05 bits per heavy atom. The Kier molecular flexibility index (Phi) is 3.31. The maximum Gasteiger partial charge on any atom is 0.213 e. The molecule has 20 heavy (non-hydrogen) atoms. The molecule has 4 nitrogen and oxygen atoms in total. The molecule has 0 fully saturated rings. The number of hydrogen-bond acceptors (Lipinski definition) is 3. The van der Waals surface area contributed by atoms with Gasteiger partial charge in [0.25, 0.3) is 0 Å². The third kappa shape index (κ3) is 2.21. The third-order valence-electron chi connectivity index (χ3n) is 2.89. The highest BCUT2D eigenvalue weighted by molar-refractivity contribution is 6.34. The van der Waals surface area contributed by atoms with E-state index in [1.165, 1.54) is 6.20 Å². The van der Waals surface area contributed by atoms with Crippen LogP contribution in [0.25, 0.3) is 5.69 Å². The number of pyridine rings is 1. The summed E-state index contributed by atoms with van der Waals surface area (Å²) in [5, 5.41) is 4.53. The summed E-state index contributed by atoms with van der Waals surface area (Å²) in [6.07, 6.45) is 4.59. The summed E-state index contributed by atoms with van der Waals surface area (Å²) in [5.74, 6) is -0.182. The van der Waals surface area contributed by atoms with Gasteiger partial charge < -0.3 is 0 Å². The molecule has 0 radical (unpaired) electrons. The SMILES string of the molecule is O=C(c1ccncc1Cl)c1ccnn1-c1ccccc1. The van der Waals surface area contributed by atoms with Crippen LogP contribution in [0.1, 0.15) is 16.1 Å². The van der Waals surface area contributed by atoms with Crippen molar-refractivity contribution in [2.24, 2.45) is 0 Å². The summed E-state index contributed by atoms with van der Waals surface area (Å²) >= 11 is 6.02. The third-order valence-corrected chi connectivity index (χ3v) is 3.19. The number of benzene rings is 1. The van der Waals surface area contributed by atoms with Crippen molar-refractivity contribution >= 4 is 17.4 Å². The van der Waals surface area contributed by atoms with E-state index in [0.717, 1.165) is 5.69 Å². The zero-order valence-corrected chi connectivity index (χ0v) is 11.2. The average molecular weight is 284 g/mol. The second-order valence-corrected chi connectivity index (χ2v) is 4.56. The van der Waals surface area contributed by atoms with Crippen LogP contribution in [-0.2, 0) is 0 Å². The highest BCUT2D eigenvalue weighted by atomic mass is 35.5. The quantitative estimate of drug-likeness (QED) is 0.694. The van der Waals surface area contributed by atoms with E-state index in [-0.39, 0.29) is 5.78 Å². The number of ketones is 1. The molecule has 0 N–H and O–H groups in total. The van der Waals surface area contributed by atoms with Crippen molar-refractivity contribution in [3.63, 3.8) is 0 Å². The topological polar surface area (TPSA) is 47.8 Å². The van der Waals surface area contributed by atoms with Gasteiger partial charge in [-0.25, -0.2) is 4.68 Å². The maximum atomic E-state index is 12.5. The van der Waals surface area contributed by atoms with E-state index in [9.17, 15) is 4.79 Å². The average Bonchev–Trinajstić information content (AvgIpc) is 2.97. The minimum absolute atomic E-state index is 0.182. The number of hydrogen-bond donors (Lipinski definition) is 0. The number of halogens is 1. The molecule has 3 aromatic rings. The van der Waals surface area contributed by atoms with Gasteiger partial charge >= 0.3 is 0 Å². The molecule has 5 heteroatoms. The van der Waals surface area contributed by atoms with Gasteiger partial charge in [0, 0.05) is 18.0 Å². The van der Waals surface area contributed by atoms with Crippen molar-refractivity contribution in [1.29, 1.82) is 0 Å². The zero-order chi connectivity index (χ0) is 13.9. The van der Waals surface area contributed by atoms with Gasteiger partial charge in [0.05, 0.1) is 16.9 Å². The van der Waals surface area contributed by atoms with Gasteiger partial charge in [0.2, 0.25) is 5.78 Å². The second-order valence-electron chi connectivity index (χ2n) is 4.15. The Morgan fingerprint density at radius 3 is 2.60 bits per heavy atom. The predicted octanol–water partition coefficient (Wildman–Crippen LogP) is 3.15. The van der Waals surface area contributed by atoms with E-state index in [4.69, 9.17) is 11.6 Å². The Morgan fingerprint density at radius 2 is 1.85 bits per heavy atom. The molecule has 0 spiro atoms. The monoisotopic (exact) mass is 283 g/mol. The summed E-state index contributed by atoms with van der Waals surface area (Å²) in [5.41, 5.74) is 1.70. The molecule has 2 heterocycles. The van der Waals surface area contributed by atoms with Crippen LogP contribution in [0.5, 0.6) is 0 Å². The van der Waals surface area contributed by atoms with Crippen molar-refractivity contribution in [1.82, 2.24) is 14.8 Å². The summed E-state index contributed by atoms with van der Waals surface area (Å²) in [6.45, 7) is 0. The molecule has 0 saturated heterocycles. The van der Waals surface area contributed by atoms with Crippen LogP contribution in [0.4, 0.5) is 0 Å². The first-order valence-corrected chi connectivity index (χ1v) is 6.39. The Balaban J connectivity index is 2.07. The molecule has 1 aromatic carbocycles. The summed E-state index contributed by atoms with van der Waals surface area (Å²) in [6, 6.07) is 12.7. The van der Waals surface area contributed by atoms with E-state index >= 15 is 0 Å². The minimum atomic E-state index is -0.182. The molecule has 3 rings (SSSR count). The molecule has 2 aromatic heterocycles. The fraction of sp³-hybridized carbons (Fsp3) is 0. The smallest absolute Gasteiger partial charge is 0.213 e. The lowest BCUT2D eigenvalue weighted by Gasteiger charge is -2.07. The maximum absolute atomic E-state index is 12.5. The number of nitrogens with zero attached hydrogens (tertiary/aromatic N) is 3. The lowest BCUT2D eigenvalue weighted by atomic mass is 10.1. The molecular weight excluding hydrogens is 274 g/mol. The van der Waals surface area contributed by atoms with Gasteiger partial charge in [-0.3, -0.25) is 9.78 Å². The van der Waals surface area contributed by atoms with Crippen molar-refractivity contribution < 1.29 is 4.79 Å². The summed E-state index contributed by atoms with van der Waals surface area (Å²) in [7, 11) is 0. The first-order valence-electron chi connectivity index (χ1n) is 6.01. The number of rotatable bonds is 3. The van der Waals surface area contributed by atoms with Gasteiger partial charge in [-0.1, -0.05) is 29.8 Å². The summed E-state index contributed by atoms with van der Waals surface area (Å²) < 4.78 is 1.60. The van der Waals surface area contributed by atoms with E-state index < -0.39 is 0 Å². The standard InChI is InChI=1S/C15H10ClN3O/c16-13-10-17-8-6-12(13)15(20)14-7-9-18-19(14)11-4-2-1-3-5-11/h1-10H. The van der Waals surface area contributed by atoms with Crippen LogP contribution in [0.2, 0.25) is 5.02 Å². The first-order chi connectivity index (χ1) is 9.77. The Labute approximate surface area is 120 Å². The van der Waals surface area contributed by atoms with E-state index in [2.05, 4.69) is 10.1 Å². The van der Waals surface area contributed by atoms with Crippen LogP contribution in [0.3, 0.4) is 0 Å². The molecule has 0 unspecified atom stereocenters. The van der Waals surface area contributed by atoms with Crippen LogP contribution in [0.15, 0.2) is 61.1 Å². The highest BCUT2D eigenvalue weighted by Gasteiger charge is 2.17. The normalized spacial score (nSPS) is 10.4. The van der Waals surface area contributed by atoms with Crippen LogP contribution in [-0.4, -0.2) is 20.5 Å². The van der Waals surface area contributed by atoms with Gasteiger partial charge in [-0.2, -0.15) is 5.10 Å². The van der Waals surface area contributed by atoms with Gasteiger partial charge in [-0.05, 0) is 24.3 Å². The van der Waals surface area contributed by atoms with E-state index in [1.54, 1.807) is 29.2 Å². The van der Waals surface area contributed by atoms with Crippen molar-refractivity contribution in [2.45, 2.75) is 0 Å². The van der Waals surface area contributed by atoms with E-state index in [1.807, 2.05) is 30.3 Å². The molecule has 98 valence electrons. The molecule has 0 bridgehead atoms. The Bertz CT molecular complexity index is 753. The molecule has 0 aliphatic carbocycles. The molecule has 0 saturated carbocycles. The number of para-hydroxylation sites is 1. The zero-order valence-electron chi connectivity index (χ0n) is 10.4. The van der Waals surface area contributed by atoms with Gasteiger partial charge in [0.1, 0.15) is 5.69 Å². The fourth-order valence-corrected chi connectivity index (χ4v) is 2.15. The second kappa shape index (κ2) is 5.27. The Hall–Kier alpha value is -2.46. The largest absolute Gasteiger partial charge is 0.287 e. The molecule has 0 amide bonds. The van der Waals surface area contributed by atoms with Gasteiger partial charge in [-0.15, -0.1) is 0 Å². The van der Waals surface area contributed by atoms with Crippen molar-refractivity contribution in [3.05, 3.63) is 77.3 Å². The van der Waals surface area contributed by atoms with Crippen LogP contribution in [0, 0.1) is 0 Å². The molecule has 0 aliphatic heterocycles. The fourth-order valence-electron chi connectivity index (χ4n) is 1.95. The molecule has 0 aliphatic rings. The number of aromatic nitrogens is 3.